The fourth-order valence-corrected chi connectivity index (χ4v) is 2.77. The van der Waals surface area contributed by atoms with Crippen LogP contribution in [0, 0.1) is 0 Å². The van der Waals surface area contributed by atoms with Crippen molar-refractivity contribution in [1.82, 2.24) is 9.78 Å². The maximum Gasteiger partial charge on any atom is 0.387 e. The summed E-state index contributed by atoms with van der Waals surface area (Å²) in [6, 6.07) is 6.06. The number of nitrogens with zero attached hydrogens (tertiary/aromatic N) is 2. The van der Waals surface area contributed by atoms with Crippen molar-refractivity contribution in [1.29, 1.82) is 0 Å². The summed E-state index contributed by atoms with van der Waals surface area (Å²) in [5.41, 5.74) is 2.86. The topological polar surface area (TPSA) is 56.2 Å². The number of halogens is 2. The Morgan fingerprint density at radius 2 is 2.08 bits per heavy atom. The van der Waals surface area contributed by atoms with Crippen molar-refractivity contribution in [2.24, 2.45) is 7.05 Å². The van der Waals surface area contributed by atoms with Crippen molar-refractivity contribution in [2.75, 3.05) is 5.32 Å². The van der Waals surface area contributed by atoms with Crippen LogP contribution in [-0.2, 0) is 24.7 Å². The van der Waals surface area contributed by atoms with E-state index in [9.17, 15) is 13.6 Å². The third-order valence-electron chi connectivity index (χ3n) is 3.84. The fraction of sp³-hybridized carbons (Fsp3) is 0.294. The molecule has 0 saturated carbocycles. The van der Waals surface area contributed by atoms with Crippen molar-refractivity contribution in [2.45, 2.75) is 25.9 Å². The number of benzene rings is 1. The summed E-state index contributed by atoms with van der Waals surface area (Å²) in [5, 5.41) is 7.25. The summed E-state index contributed by atoms with van der Waals surface area (Å²) in [4.78, 5) is 12.1. The maximum atomic E-state index is 12.1. The normalized spacial score (nSPS) is 13.5. The first-order valence-corrected chi connectivity index (χ1v) is 7.61. The molecule has 0 aliphatic heterocycles. The number of carbonyl (C=O) groups is 1. The lowest BCUT2D eigenvalue weighted by molar-refractivity contribution is -0.111. The number of fused-ring (bicyclic) bond motifs is 1. The average Bonchev–Trinajstić information content (AvgIpc) is 3.09. The summed E-state index contributed by atoms with van der Waals surface area (Å²) in [6.45, 7) is -2.85. The summed E-state index contributed by atoms with van der Waals surface area (Å²) in [7, 11) is 1.80. The molecule has 2 aromatic rings. The molecule has 7 heteroatoms. The minimum Gasteiger partial charge on any atom is -0.435 e. The molecule has 126 valence electrons. The molecule has 1 N–H and O–H groups in total. The van der Waals surface area contributed by atoms with Crippen molar-refractivity contribution in [3.63, 3.8) is 0 Å². The summed E-state index contributed by atoms with van der Waals surface area (Å²) in [5.74, 6) is 0.551. The summed E-state index contributed by atoms with van der Waals surface area (Å²) >= 11 is 0. The Labute approximate surface area is 137 Å². The third kappa shape index (κ3) is 3.61. The molecule has 5 nitrogen and oxygen atoms in total. The molecule has 0 fully saturated rings. The molecule has 3 rings (SSSR count). The predicted molar refractivity (Wildman–Crippen MR) is 86.0 cm³/mol. The van der Waals surface area contributed by atoms with Crippen LogP contribution in [0.3, 0.4) is 0 Å². The van der Waals surface area contributed by atoms with E-state index < -0.39 is 6.61 Å². The molecular weight excluding hydrogens is 316 g/mol. The lowest BCUT2D eigenvalue weighted by Gasteiger charge is -2.05. The molecule has 0 unspecified atom stereocenters. The van der Waals surface area contributed by atoms with Gasteiger partial charge in [-0.25, -0.2) is 0 Å². The van der Waals surface area contributed by atoms with Crippen LogP contribution < -0.4 is 10.1 Å². The molecule has 0 bridgehead atoms. The van der Waals surface area contributed by atoms with Crippen LogP contribution in [0.25, 0.3) is 6.08 Å². The van der Waals surface area contributed by atoms with Crippen LogP contribution >= 0.6 is 0 Å². The van der Waals surface area contributed by atoms with Gasteiger partial charge in [0.15, 0.2) is 0 Å². The van der Waals surface area contributed by atoms with Gasteiger partial charge < -0.3 is 10.1 Å². The number of nitrogens with one attached hydrogen (secondary N) is 1. The number of aryl methyl sites for hydroxylation is 2. The highest BCUT2D eigenvalue weighted by molar-refractivity contribution is 6.01. The summed E-state index contributed by atoms with van der Waals surface area (Å²) < 4.78 is 30.1. The zero-order valence-electron chi connectivity index (χ0n) is 13.1. The number of alkyl halides is 2. The van der Waals surface area contributed by atoms with E-state index in [-0.39, 0.29) is 11.7 Å². The Morgan fingerprint density at radius 1 is 1.33 bits per heavy atom. The number of hydrogen-bond donors (Lipinski definition) is 1. The van der Waals surface area contributed by atoms with E-state index in [1.54, 1.807) is 29.9 Å². The molecule has 1 aromatic carbocycles. The van der Waals surface area contributed by atoms with E-state index in [0.29, 0.717) is 5.56 Å². The molecule has 0 spiro atoms. The Balaban J connectivity index is 1.63. The van der Waals surface area contributed by atoms with Gasteiger partial charge in [-0.05, 0) is 43.0 Å². The molecule has 1 heterocycles. The van der Waals surface area contributed by atoms with Gasteiger partial charge in [-0.3, -0.25) is 9.48 Å². The molecule has 0 radical (unpaired) electrons. The molecule has 0 saturated heterocycles. The highest BCUT2D eigenvalue weighted by atomic mass is 19.3. The second-order valence-corrected chi connectivity index (χ2v) is 5.52. The zero-order valence-corrected chi connectivity index (χ0v) is 13.1. The van der Waals surface area contributed by atoms with Crippen LogP contribution in [0.4, 0.5) is 14.6 Å². The van der Waals surface area contributed by atoms with Crippen molar-refractivity contribution >= 4 is 17.8 Å². The molecule has 0 atom stereocenters. The van der Waals surface area contributed by atoms with E-state index in [0.717, 1.165) is 36.3 Å². The van der Waals surface area contributed by atoms with Gasteiger partial charge in [0.1, 0.15) is 11.6 Å². The van der Waals surface area contributed by atoms with Gasteiger partial charge in [0.2, 0.25) is 5.91 Å². The van der Waals surface area contributed by atoms with E-state index in [1.165, 1.54) is 18.2 Å². The lowest BCUT2D eigenvalue weighted by Crippen LogP contribution is -2.12. The van der Waals surface area contributed by atoms with Crippen LogP contribution in [-0.4, -0.2) is 22.3 Å². The quantitative estimate of drug-likeness (QED) is 0.855. The number of aromatic nitrogens is 2. The molecule has 1 aromatic heterocycles. The van der Waals surface area contributed by atoms with Gasteiger partial charge in [-0.15, -0.1) is 0 Å². The number of amides is 1. The second-order valence-electron chi connectivity index (χ2n) is 5.52. The van der Waals surface area contributed by atoms with Crippen LogP contribution in [0.5, 0.6) is 5.75 Å². The molecular formula is C17H17F2N3O2. The van der Waals surface area contributed by atoms with E-state index in [2.05, 4.69) is 15.2 Å². The number of anilines is 1. The van der Waals surface area contributed by atoms with Gasteiger partial charge in [0.25, 0.3) is 0 Å². The van der Waals surface area contributed by atoms with E-state index >= 15 is 0 Å². The first kappa shape index (κ1) is 16.2. The third-order valence-corrected chi connectivity index (χ3v) is 3.84. The summed E-state index contributed by atoms with van der Waals surface area (Å²) in [6.07, 6.45) is 5.94. The number of carbonyl (C=O) groups excluding carboxylic acids is 1. The van der Waals surface area contributed by atoms with Crippen molar-refractivity contribution < 1.29 is 18.3 Å². The predicted octanol–water partition coefficient (Wildman–Crippen LogP) is 3.16. The van der Waals surface area contributed by atoms with Gasteiger partial charge in [0.05, 0.1) is 5.69 Å². The van der Waals surface area contributed by atoms with Gasteiger partial charge in [0, 0.05) is 18.7 Å². The van der Waals surface area contributed by atoms with Gasteiger partial charge >= 0.3 is 6.61 Å². The standard InChI is InChI=1S/C17H17F2N3O2/c1-22-16(13-3-2-4-14(13)21-22)20-15(23)10-7-11-5-8-12(9-6-11)24-17(18)19/h5-10,17H,2-4H2,1H3,(H,20,23). The van der Waals surface area contributed by atoms with Crippen molar-refractivity contribution in [3.8, 4) is 5.75 Å². The second kappa shape index (κ2) is 6.82. The Bertz CT molecular complexity index is 767. The van der Waals surface area contributed by atoms with Crippen LogP contribution in [0.2, 0.25) is 0 Å². The average molecular weight is 333 g/mol. The largest absolute Gasteiger partial charge is 0.435 e. The Morgan fingerprint density at radius 3 is 2.79 bits per heavy atom. The van der Waals surface area contributed by atoms with Crippen molar-refractivity contribution in [3.05, 3.63) is 47.2 Å². The zero-order chi connectivity index (χ0) is 17.1. The minimum atomic E-state index is -2.85. The minimum absolute atomic E-state index is 0.0806. The maximum absolute atomic E-state index is 12.1. The van der Waals surface area contributed by atoms with E-state index in [4.69, 9.17) is 0 Å². The van der Waals surface area contributed by atoms with E-state index in [1.807, 2.05) is 0 Å². The first-order chi connectivity index (χ1) is 11.5. The lowest BCUT2D eigenvalue weighted by atomic mass is 10.2. The number of ether oxygens (including phenoxy) is 1. The SMILES string of the molecule is Cn1nc2c(c1NC(=O)C=Cc1ccc(OC(F)F)cc1)CCC2. The van der Waals surface area contributed by atoms with Gasteiger partial charge in [-0.2, -0.15) is 13.9 Å². The number of rotatable bonds is 5. The highest BCUT2D eigenvalue weighted by Crippen LogP contribution is 2.28. The van der Waals surface area contributed by atoms with Crippen LogP contribution in [0.15, 0.2) is 30.3 Å². The monoisotopic (exact) mass is 333 g/mol. The molecule has 1 aliphatic rings. The van der Waals surface area contributed by atoms with Gasteiger partial charge in [-0.1, -0.05) is 12.1 Å². The fourth-order valence-electron chi connectivity index (χ4n) is 2.77. The molecule has 1 amide bonds. The smallest absolute Gasteiger partial charge is 0.387 e. The Hall–Kier alpha value is -2.70. The van der Waals surface area contributed by atoms with Crippen LogP contribution in [0.1, 0.15) is 23.2 Å². The Kier molecular flexibility index (Phi) is 4.59. The molecule has 24 heavy (non-hydrogen) atoms. The molecule has 1 aliphatic carbocycles. The highest BCUT2D eigenvalue weighted by Gasteiger charge is 2.21. The first-order valence-electron chi connectivity index (χ1n) is 7.61. The number of hydrogen-bond acceptors (Lipinski definition) is 3.